The van der Waals surface area contributed by atoms with E-state index < -0.39 is 0 Å². The van der Waals surface area contributed by atoms with E-state index in [9.17, 15) is 4.79 Å². The Morgan fingerprint density at radius 2 is 2.38 bits per heavy atom. The average Bonchev–Trinajstić information content (AvgIpc) is 3.19. The molecule has 3 heterocycles. The molecule has 2 atom stereocenters. The number of nitrogens with one attached hydrogen (secondary N) is 1. The van der Waals surface area contributed by atoms with Crippen LogP contribution < -0.4 is 5.32 Å². The molecule has 3 rings (SSSR count). The summed E-state index contributed by atoms with van der Waals surface area (Å²) in [6.45, 7) is 3.90. The SMILES string of the molecule is CNC(=O)[C@@H]1CN(Cc2ccoc2)C[C@H]1c1nc(C)no1. The molecule has 2 aromatic rings. The number of nitrogens with zero attached hydrogens (tertiary/aromatic N) is 3. The van der Waals surface area contributed by atoms with Gasteiger partial charge in [0.2, 0.25) is 11.8 Å². The van der Waals surface area contributed by atoms with Crippen molar-refractivity contribution in [2.45, 2.75) is 19.4 Å². The van der Waals surface area contributed by atoms with E-state index >= 15 is 0 Å². The Balaban J connectivity index is 1.78. The molecule has 1 aliphatic rings. The maximum Gasteiger partial charge on any atom is 0.231 e. The molecule has 7 heteroatoms. The standard InChI is InChI=1S/C14H18N4O3/c1-9-16-14(21-17-9)12-7-18(5-10-3-4-20-8-10)6-11(12)13(19)15-2/h3-4,8,11-12H,5-7H2,1-2H3,(H,15,19)/t11-,12-/m1/s1. The van der Waals surface area contributed by atoms with Gasteiger partial charge in [0.1, 0.15) is 0 Å². The minimum Gasteiger partial charge on any atom is -0.472 e. The molecule has 0 aromatic carbocycles. The minimum absolute atomic E-state index is 0.00514. The van der Waals surface area contributed by atoms with Crippen molar-refractivity contribution < 1.29 is 13.7 Å². The number of amides is 1. The van der Waals surface area contributed by atoms with Crippen molar-refractivity contribution in [3.05, 3.63) is 35.9 Å². The fourth-order valence-electron chi connectivity index (χ4n) is 2.82. The largest absolute Gasteiger partial charge is 0.472 e. The molecule has 0 bridgehead atoms. The van der Waals surface area contributed by atoms with E-state index in [2.05, 4.69) is 20.4 Å². The zero-order valence-electron chi connectivity index (χ0n) is 12.1. The van der Waals surface area contributed by atoms with Crippen LogP contribution in [0.5, 0.6) is 0 Å². The minimum atomic E-state index is -0.179. The summed E-state index contributed by atoms with van der Waals surface area (Å²) in [4.78, 5) is 18.6. The maximum atomic E-state index is 12.1. The highest BCUT2D eigenvalue weighted by Gasteiger charge is 2.41. The number of aryl methyl sites for hydroxylation is 1. The summed E-state index contributed by atoms with van der Waals surface area (Å²) in [5, 5.41) is 6.55. The summed E-state index contributed by atoms with van der Waals surface area (Å²) in [7, 11) is 1.65. The third-order valence-corrected chi connectivity index (χ3v) is 3.83. The monoisotopic (exact) mass is 290 g/mol. The van der Waals surface area contributed by atoms with Gasteiger partial charge in [0, 0.05) is 32.2 Å². The highest BCUT2D eigenvalue weighted by molar-refractivity contribution is 5.79. The normalized spacial score (nSPS) is 22.6. The van der Waals surface area contributed by atoms with E-state index in [1.165, 1.54) is 0 Å². The number of hydrogen-bond donors (Lipinski definition) is 1. The van der Waals surface area contributed by atoms with Crippen LogP contribution in [-0.4, -0.2) is 41.1 Å². The van der Waals surface area contributed by atoms with Crippen LogP contribution in [0.15, 0.2) is 27.5 Å². The molecule has 0 saturated carbocycles. The molecule has 0 aliphatic carbocycles. The van der Waals surface area contributed by atoms with Gasteiger partial charge in [-0.3, -0.25) is 9.69 Å². The van der Waals surface area contributed by atoms with Gasteiger partial charge in [-0.1, -0.05) is 5.16 Å². The van der Waals surface area contributed by atoms with E-state index in [4.69, 9.17) is 8.94 Å². The van der Waals surface area contributed by atoms with Gasteiger partial charge in [0.15, 0.2) is 5.82 Å². The molecule has 1 fully saturated rings. The lowest BCUT2D eigenvalue weighted by molar-refractivity contribution is -0.124. The number of rotatable bonds is 4. The molecular formula is C14H18N4O3. The first kappa shape index (κ1) is 13.8. The summed E-state index contributed by atoms with van der Waals surface area (Å²) in [6, 6.07) is 1.93. The van der Waals surface area contributed by atoms with Gasteiger partial charge in [-0.15, -0.1) is 0 Å². The van der Waals surface area contributed by atoms with E-state index in [1.807, 2.05) is 6.07 Å². The molecule has 0 radical (unpaired) electrons. The molecule has 1 saturated heterocycles. The van der Waals surface area contributed by atoms with Gasteiger partial charge in [-0.05, 0) is 13.0 Å². The Morgan fingerprint density at radius 1 is 1.52 bits per heavy atom. The fourth-order valence-corrected chi connectivity index (χ4v) is 2.82. The van der Waals surface area contributed by atoms with Crippen LogP contribution in [0.1, 0.15) is 23.2 Å². The Hall–Kier alpha value is -2.15. The smallest absolute Gasteiger partial charge is 0.231 e. The molecule has 0 spiro atoms. The van der Waals surface area contributed by atoms with E-state index in [1.54, 1.807) is 26.5 Å². The van der Waals surface area contributed by atoms with Gasteiger partial charge in [0.05, 0.1) is 24.4 Å². The van der Waals surface area contributed by atoms with Crippen LogP contribution >= 0.6 is 0 Å². The lowest BCUT2D eigenvalue weighted by Crippen LogP contribution is -2.32. The van der Waals surface area contributed by atoms with Crippen molar-refractivity contribution in [2.75, 3.05) is 20.1 Å². The number of carbonyl (C=O) groups excluding carboxylic acids is 1. The molecule has 1 amide bonds. The molecule has 112 valence electrons. The average molecular weight is 290 g/mol. The van der Waals surface area contributed by atoms with Crippen molar-refractivity contribution in [1.82, 2.24) is 20.4 Å². The second-order valence-corrected chi connectivity index (χ2v) is 5.33. The quantitative estimate of drug-likeness (QED) is 0.902. The van der Waals surface area contributed by atoms with Gasteiger partial charge >= 0.3 is 0 Å². The lowest BCUT2D eigenvalue weighted by Gasteiger charge is -2.13. The molecular weight excluding hydrogens is 272 g/mol. The molecule has 21 heavy (non-hydrogen) atoms. The van der Waals surface area contributed by atoms with Gasteiger partial charge in [-0.25, -0.2) is 0 Å². The third kappa shape index (κ3) is 2.82. The van der Waals surface area contributed by atoms with Crippen LogP contribution in [-0.2, 0) is 11.3 Å². The predicted octanol–water partition coefficient (Wildman–Crippen LogP) is 0.933. The Labute approximate surface area is 122 Å². The van der Waals surface area contributed by atoms with Crippen molar-refractivity contribution >= 4 is 5.91 Å². The van der Waals surface area contributed by atoms with Crippen molar-refractivity contribution in [2.24, 2.45) is 5.92 Å². The van der Waals surface area contributed by atoms with E-state index in [0.29, 0.717) is 24.8 Å². The maximum absolute atomic E-state index is 12.1. The van der Waals surface area contributed by atoms with Crippen LogP contribution in [0, 0.1) is 12.8 Å². The van der Waals surface area contributed by atoms with Gasteiger partial charge in [-0.2, -0.15) is 4.98 Å². The Bertz CT molecular complexity index is 608. The molecule has 1 N–H and O–H groups in total. The summed E-state index contributed by atoms with van der Waals surface area (Å²) < 4.78 is 10.4. The summed E-state index contributed by atoms with van der Waals surface area (Å²) in [5.41, 5.74) is 1.09. The number of furan rings is 1. The zero-order valence-corrected chi connectivity index (χ0v) is 12.1. The zero-order chi connectivity index (χ0) is 14.8. The van der Waals surface area contributed by atoms with Crippen LogP contribution in [0.3, 0.4) is 0 Å². The van der Waals surface area contributed by atoms with Crippen LogP contribution in [0.2, 0.25) is 0 Å². The Kier molecular flexibility index (Phi) is 3.74. The summed E-state index contributed by atoms with van der Waals surface area (Å²) in [6.07, 6.45) is 3.37. The molecule has 1 aliphatic heterocycles. The number of aromatic nitrogens is 2. The van der Waals surface area contributed by atoms with Crippen LogP contribution in [0.4, 0.5) is 0 Å². The summed E-state index contributed by atoms with van der Waals surface area (Å²) >= 11 is 0. The van der Waals surface area contributed by atoms with E-state index in [0.717, 1.165) is 12.1 Å². The number of hydrogen-bond acceptors (Lipinski definition) is 6. The highest BCUT2D eigenvalue weighted by atomic mass is 16.5. The molecule has 7 nitrogen and oxygen atoms in total. The Morgan fingerprint density at radius 3 is 3.00 bits per heavy atom. The van der Waals surface area contributed by atoms with Gasteiger partial charge in [0.25, 0.3) is 0 Å². The first-order valence-corrected chi connectivity index (χ1v) is 6.92. The first-order valence-electron chi connectivity index (χ1n) is 6.92. The highest BCUT2D eigenvalue weighted by Crippen LogP contribution is 2.32. The van der Waals surface area contributed by atoms with Gasteiger partial charge < -0.3 is 14.3 Å². The van der Waals surface area contributed by atoms with Crippen LogP contribution in [0.25, 0.3) is 0 Å². The first-order chi connectivity index (χ1) is 10.2. The molecule has 0 unspecified atom stereocenters. The number of likely N-dealkylation sites (tertiary alicyclic amines) is 1. The second-order valence-electron chi connectivity index (χ2n) is 5.33. The molecule has 2 aromatic heterocycles. The van der Waals surface area contributed by atoms with Crippen molar-refractivity contribution in [3.63, 3.8) is 0 Å². The fraction of sp³-hybridized carbons (Fsp3) is 0.500. The van der Waals surface area contributed by atoms with Crippen molar-refractivity contribution in [1.29, 1.82) is 0 Å². The topological polar surface area (TPSA) is 84.4 Å². The third-order valence-electron chi connectivity index (χ3n) is 3.83. The van der Waals surface area contributed by atoms with E-state index in [-0.39, 0.29) is 17.7 Å². The second kappa shape index (κ2) is 5.69. The number of carbonyl (C=O) groups is 1. The summed E-state index contributed by atoms with van der Waals surface area (Å²) in [5.74, 6) is 0.884. The lowest BCUT2D eigenvalue weighted by atomic mass is 9.95. The van der Waals surface area contributed by atoms with Crippen molar-refractivity contribution in [3.8, 4) is 0 Å². The predicted molar refractivity (Wildman–Crippen MR) is 73.3 cm³/mol.